The van der Waals surface area contributed by atoms with Crippen molar-refractivity contribution < 1.29 is 9.47 Å². The molecule has 1 aromatic carbocycles. The molecule has 0 fully saturated rings. The third-order valence-corrected chi connectivity index (χ3v) is 2.12. The molecule has 0 bridgehead atoms. The van der Waals surface area contributed by atoms with Crippen LogP contribution in [0.25, 0.3) is 0 Å². The molecule has 82 valence electrons. The van der Waals surface area contributed by atoms with Crippen molar-refractivity contribution in [3.63, 3.8) is 0 Å². The Morgan fingerprint density at radius 1 is 1.20 bits per heavy atom. The minimum atomic E-state index is -0.339. The highest BCUT2D eigenvalue weighted by Gasteiger charge is 2.07. The van der Waals surface area contributed by atoms with Crippen LogP contribution >= 0.6 is 0 Å². The summed E-state index contributed by atoms with van der Waals surface area (Å²) in [5.74, 6) is 0. The standard InChI is InChI=1S/C12H17NO2/c1-10(12(14-2)15-3)13-9-11-7-5-4-6-8-11/h4-8,12H,9H2,1-3H3/b13-10-. The Balaban J connectivity index is 2.57. The lowest BCUT2D eigenvalue weighted by Crippen LogP contribution is -2.22. The summed E-state index contributed by atoms with van der Waals surface area (Å²) in [6.45, 7) is 2.57. The number of ether oxygens (including phenoxy) is 2. The van der Waals surface area contributed by atoms with E-state index in [0.717, 1.165) is 5.71 Å². The lowest BCUT2D eigenvalue weighted by Gasteiger charge is -2.12. The maximum atomic E-state index is 5.10. The fraction of sp³-hybridized carbons (Fsp3) is 0.417. The zero-order valence-corrected chi connectivity index (χ0v) is 9.43. The van der Waals surface area contributed by atoms with Crippen molar-refractivity contribution in [2.75, 3.05) is 14.2 Å². The van der Waals surface area contributed by atoms with Gasteiger partial charge in [0.25, 0.3) is 0 Å². The molecule has 0 spiro atoms. The van der Waals surface area contributed by atoms with Gasteiger partial charge >= 0.3 is 0 Å². The van der Waals surface area contributed by atoms with Gasteiger partial charge in [-0.1, -0.05) is 30.3 Å². The Hall–Kier alpha value is -1.19. The van der Waals surface area contributed by atoms with Crippen LogP contribution in [0, 0.1) is 0 Å². The predicted molar refractivity (Wildman–Crippen MR) is 61.1 cm³/mol. The molecule has 15 heavy (non-hydrogen) atoms. The van der Waals surface area contributed by atoms with Gasteiger partial charge in [-0.25, -0.2) is 0 Å². The maximum absolute atomic E-state index is 5.10. The summed E-state index contributed by atoms with van der Waals surface area (Å²) < 4.78 is 10.2. The Bertz CT molecular complexity index is 305. The van der Waals surface area contributed by atoms with E-state index in [1.54, 1.807) is 14.2 Å². The van der Waals surface area contributed by atoms with Gasteiger partial charge in [-0.3, -0.25) is 4.99 Å². The van der Waals surface area contributed by atoms with Gasteiger partial charge in [0.05, 0.1) is 12.3 Å². The fourth-order valence-electron chi connectivity index (χ4n) is 1.31. The summed E-state index contributed by atoms with van der Waals surface area (Å²) in [6, 6.07) is 10.1. The van der Waals surface area contributed by atoms with Crippen LogP contribution in [-0.4, -0.2) is 26.2 Å². The van der Waals surface area contributed by atoms with Crippen LogP contribution in [0.2, 0.25) is 0 Å². The van der Waals surface area contributed by atoms with Crippen molar-refractivity contribution in [1.29, 1.82) is 0 Å². The molecule has 0 unspecified atom stereocenters. The predicted octanol–water partition coefficient (Wildman–Crippen LogP) is 2.27. The van der Waals surface area contributed by atoms with Gasteiger partial charge in [-0.05, 0) is 12.5 Å². The van der Waals surface area contributed by atoms with E-state index >= 15 is 0 Å². The second kappa shape index (κ2) is 6.32. The van der Waals surface area contributed by atoms with Crippen molar-refractivity contribution in [1.82, 2.24) is 0 Å². The summed E-state index contributed by atoms with van der Waals surface area (Å²) >= 11 is 0. The smallest absolute Gasteiger partial charge is 0.195 e. The van der Waals surface area contributed by atoms with Crippen molar-refractivity contribution in [2.24, 2.45) is 4.99 Å². The Morgan fingerprint density at radius 3 is 2.33 bits per heavy atom. The fourth-order valence-corrected chi connectivity index (χ4v) is 1.31. The molecule has 0 saturated carbocycles. The Labute approximate surface area is 90.7 Å². The van der Waals surface area contributed by atoms with E-state index in [4.69, 9.17) is 9.47 Å². The Morgan fingerprint density at radius 2 is 1.80 bits per heavy atom. The summed E-state index contributed by atoms with van der Waals surface area (Å²) in [7, 11) is 3.21. The molecule has 0 heterocycles. The van der Waals surface area contributed by atoms with Crippen molar-refractivity contribution in [3.05, 3.63) is 35.9 Å². The number of methoxy groups -OCH3 is 2. The highest BCUT2D eigenvalue weighted by Crippen LogP contribution is 2.02. The first kappa shape index (κ1) is 11.9. The van der Waals surface area contributed by atoms with Gasteiger partial charge in [-0.2, -0.15) is 0 Å². The van der Waals surface area contributed by atoms with Crippen LogP contribution in [0.5, 0.6) is 0 Å². The summed E-state index contributed by atoms with van der Waals surface area (Å²) in [6.07, 6.45) is -0.339. The topological polar surface area (TPSA) is 30.8 Å². The van der Waals surface area contributed by atoms with Crippen molar-refractivity contribution >= 4 is 5.71 Å². The molecule has 3 heteroatoms. The van der Waals surface area contributed by atoms with E-state index in [9.17, 15) is 0 Å². The van der Waals surface area contributed by atoms with Gasteiger partial charge in [0, 0.05) is 14.2 Å². The summed E-state index contributed by atoms with van der Waals surface area (Å²) in [5.41, 5.74) is 2.03. The maximum Gasteiger partial charge on any atom is 0.195 e. The molecule has 3 nitrogen and oxygen atoms in total. The van der Waals surface area contributed by atoms with Gasteiger partial charge in [0.2, 0.25) is 0 Å². The molecule has 0 aliphatic heterocycles. The molecular weight excluding hydrogens is 190 g/mol. The monoisotopic (exact) mass is 207 g/mol. The first-order valence-corrected chi connectivity index (χ1v) is 4.88. The number of benzene rings is 1. The molecule has 0 aromatic heterocycles. The summed E-state index contributed by atoms with van der Waals surface area (Å²) in [4.78, 5) is 4.40. The molecular formula is C12H17NO2. The third kappa shape index (κ3) is 3.81. The third-order valence-electron chi connectivity index (χ3n) is 2.12. The molecule has 0 atom stereocenters. The molecule has 0 aliphatic rings. The number of hydrogen-bond acceptors (Lipinski definition) is 3. The second-order valence-corrected chi connectivity index (χ2v) is 3.25. The molecule has 1 aromatic rings. The number of rotatable bonds is 5. The van der Waals surface area contributed by atoms with Gasteiger partial charge in [0.15, 0.2) is 6.29 Å². The van der Waals surface area contributed by atoms with E-state index < -0.39 is 0 Å². The molecule has 0 saturated heterocycles. The lowest BCUT2D eigenvalue weighted by molar-refractivity contribution is -0.0524. The highest BCUT2D eigenvalue weighted by molar-refractivity contribution is 5.85. The van der Waals surface area contributed by atoms with Crippen LogP contribution in [0.1, 0.15) is 12.5 Å². The molecule has 1 rings (SSSR count). The van der Waals surface area contributed by atoms with Gasteiger partial charge in [0.1, 0.15) is 0 Å². The second-order valence-electron chi connectivity index (χ2n) is 3.25. The van der Waals surface area contributed by atoms with E-state index in [1.807, 2.05) is 37.3 Å². The van der Waals surface area contributed by atoms with Gasteiger partial charge < -0.3 is 9.47 Å². The first-order chi connectivity index (χ1) is 7.27. The van der Waals surface area contributed by atoms with Crippen LogP contribution < -0.4 is 0 Å². The largest absolute Gasteiger partial charge is 0.351 e. The van der Waals surface area contributed by atoms with Crippen molar-refractivity contribution in [3.8, 4) is 0 Å². The van der Waals surface area contributed by atoms with E-state index in [-0.39, 0.29) is 6.29 Å². The summed E-state index contributed by atoms with van der Waals surface area (Å²) in [5, 5.41) is 0. The van der Waals surface area contributed by atoms with E-state index in [2.05, 4.69) is 4.99 Å². The zero-order valence-electron chi connectivity index (χ0n) is 9.43. The minimum absolute atomic E-state index is 0.339. The zero-order chi connectivity index (χ0) is 11.1. The molecule has 0 radical (unpaired) electrons. The number of nitrogens with zero attached hydrogens (tertiary/aromatic N) is 1. The molecule has 0 amide bonds. The Kier molecular flexibility index (Phi) is 5.01. The highest BCUT2D eigenvalue weighted by atomic mass is 16.7. The average molecular weight is 207 g/mol. The van der Waals surface area contributed by atoms with Crippen LogP contribution in [0.4, 0.5) is 0 Å². The molecule has 0 N–H and O–H groups in total. The van der Waals surface area contributed by atoms with Crippen molar-refractivity contribution in [2.45, 2.75) is 19.8 Å². The SMILES string of the molecule is COC(OC)/C(C)=N\Cc1ccccc1. The quantitative estimate of drug-likeness (QED) is 0.547. The first-order valence-electron chi connectivity index (χ1n) is 4.88. The van der Waals surface area contributed by atoms with Gasteiger partial charge in [-0.15, -0.1) is 0 Å². The van der Waals surface area contributed by atoms with Crippen LogP contribution in [-0.2, 0) is 16.0 Å². The van der Waals surface area contributed by atoms with Crippen LogP contribution in [0.3, 0.4) is 0 Å². The average Bonchev–Trinajstić information content (AvgIpc) is 2.29. The number of hydrogen-bond donors (Lipinski definition) is 0. The van der Waals surface area contributed by atoms with Crippen LogP contribution in [0.15, 0.2) is 35.3 Å². The van der Waals surface area contributed by atoms with E-state index in [0.29, 0.717) is 6.54 Å². The number of aliphatic imine (C=N–C) groups is 1. The van der Waals surface area contributed by atoms with E-state index in [1.165, 1.54) is 5.56 Å². The minimum Gasteiger partial charge on any atom is -0.351 e. The molecule has 0 aliphatic carbocycles. The normalized spacial score (nSPS) is 12.1. The lowest BCUT2D eigenvalue weighted by atomic mass is 10.2.